The molecule has 0 bridgehead atoms. The molecule has 0 spiro atoms. The van der Waals surface area contributed by atoms with Gasteiger partial charge in [0.1, 0.15) is 10.6 Å². The predicted molar refractivity (Wildman–Crippen MR) is 90.0 cm³/mol. The summed E-state index contributed by atoms with van der Waals surface area (Å²) in [5.74, 6) is -0.167. The minimum atomic E-state index is -0.346. The molecular weight excluding hydrogens is 320 g/mol. The van der Waals surface area contributed by atoms with Crippen molar-refractivity contribution < 1.29 is 9.90 Å². The maximum atomic E-state index is 12.1. The van der Waals surface area contributed by atoms with Gasteiger partial charge in [-0.15, -0.1) is 11.3 Å². The number of phenolic OH excluding ortho intramolecular Hbond substituents is 1. The molecule has 1 aromatic heterocycles. The lowest BCUT2D eigenvalue weighted by Crippen LogP contribution is -2.16. The number of hydrogen-bond donors (Lipinski definition) is 2. The molecule has 6 heteroatoms. The number of hydrazone groups is 1. The van der Waals surface area contributed by atoms with Gasteiger partial charge < -0.3 is 5.11 Å². The van der Waals surface area contributed by atoms with Gasteiger partial charge in [0.05, 0.1) is 11.2 Å². The summed E-state index contributed by atoms with van der Waals surface area (Å²) >= 11 is 7.56. The summed E-state index contributed by atoms with van der Waals surface area (Å²) in [5, 5.41) is 14.4. The van der Waals surface area contributed by atoms with Gasteiger partial charge in [0.25, 0.3) is 5.91 Å². The summed E-state index contributed by atoms with van der Waals surface area (Å²) in [5.41, 5.74) is 3.22. The van der Waals surface area contributed by atoms with Gasteiger partial charge in [0.15, 0.2) is 0 Å². The lowest BCUT2D eigenvalue weighted by Gasteiger charge is -1.97. The fourth-order valence-corrected chi connectivity index (χ4v) is 3.34. The number of halogens is 1. The molecule has 1 heterocycles. The van der Waals surface area contributed by atoms with Gasteiger partial charge >= 0.3 is 0 Å². The van der Waals surface area contributed by atoms with E-state index in [0.717, 1.165) is 15.6 Å². The minimum Gasteiger partial charge on any atom is -0.508 e. The zero-order valence-electron chi connectivity index (χ0n) is 11.3. The summed E-state index contributed by atoms with van der Waals surface area (Å²) in [4.78, 5) is 12.6. The van der Waals surface area contributed by atoms with Gasteiger partial charge in [-0.2, -0.15) is 5.10 Å². The number of rotatable bonds is 3. The maximum absolute atomic E-state index is 12.1. The topological polar surface area (TPSA) is 61.7 Å². The van der Waals surface area contributed by atoms with E-state index in [2.05, 4.69) is 10.5 Å². The molecule has 0 aliphatic carbocycles. The van der Waals surface area contributed by atoms with E-state index in [0.29, 0.717) is 9.90 Å². The fraction of sp³-hybridized carbons (Fsp3) is 0. The molecular formula is C16H11ClN2O2S. The van der Waals surface area contributed by atoms with Crippen molar-refractivity contribution in [2.45, 2.75) is 0 Å². The highest BCUT2D eigenvalue weighted by atomic mass is 35.5. The SMILES string of the molecule is O=C(N/N=C/c1ccc(O)cc1)c1sc2ccccc2c1Cl. The molecule has 0 saturated heterocycles. The van der Waals surface area contributed by atoms with Crippen molar-refractivity contribution in [3.8, 4) is 5.75 Å². The number of carbonyl (C=O) groups is 1. The zero-order valence-corrected chi connectivity index (χ0v) is 12.9. The van der Waals surface area contributed by atoms with E-state index < -0.39 is 0 Å². The van der Waals surface area contributed by atoms with Crippen molar-refractivity contribution in [2.24, 2.45) is 5.10 Å². The summed E-state index contributed by atoms with van der Waals surface area (Å²) in [6.45, 7) is 0. The van der Waals surface area contributed by atoms with Crippen LogP contribution in [-0.4, -0.2) is 17.2 Å². The van der Waals surface area contributed by atoms with E-state index in [1.165, 1.54) is 17.6 Å². The third-order valence-electron chi connectivity index (χ3n) is 3.01. The molecule has 3 rings (SSSR count). The van der Waals surface area contributed by atoms with Crippen LogP contribution in [0.5, 0.6) is 5.75 Å². The Hall–Kier alpha value is -2.37. The third-order valence-corrected chi connectivity index (χ3v) is 4.69. The van der Waals surface area contributed by atoms with Crippen molar-refractivity contribution in [2.75, 3.05) is 0 Å². The molecule has 0 unspecified atom stereocenters. The van der Waals surface area contributed by atoms with Crippen LogP contribution in [0, 0.1) is 0 Å². The Bertz CT molecular complexity index is 856. The highest BCUT2D eigenvalue weighted by molar-refractivity contribution is 7.21. The first kappa shape index (κ1) is 14.6. The number of thiophene rings is 1. The van der Waals surface area contributed by atoms with Crippen LogP contribution in [0.1, 0.15) is 15.2 Å². The summed E-state index contributed by atoms with van der Waals surface area (Å²) < 4.78 is 0.958. The van der Waals surface area contributed by atoms with E-state index in [9.17, 15) is 9.90 Å². The third kappa shape index (κ3) is 2.95. The van der Waals surface area contributed by atoms with E-state index in [-0.39, 0.29) is 11.7 Å². The molecule has 0 saturated carbocycles. The number of carbonyl (C=O) groups excluding carboxylic acids is 1. The van der Waals surface area contributed by atoms with Gasteiger partial charge in [0, 0.05) is 10.1 Å². The number of hydrogen-bond acceptors (Lipinski definition) is 4. The second kappa shape index (κ2) is 6.17. The second-order valence-electron chi connectivity index (χ2n) is 4.53. The van der Waals surface area contributed by atoms with Gasteiger partial charge in [0.2, 0.25) is 0 Å². The molecule has 2 aromatic carbocycles. The molecule has 0 fully saturated rings. The lowest BCUT2D eigenvalue weighted by atomic mass is 10.2. The van der Waals surface area contributed by atoms with Crippen LogP contribution >= 0.6 is 22.9 Å². The molecule has 0 atom stereocenters. The Kier molecular flexibility index (Phi) is 4.09. The summed E-state index contributed by atoms with van der Waals surface area (Å²) in [7, 11) is 0. The molecule has 4 nitrogen and oxygen atoms in total. The van der Waals surface area contributed by atoms with E-state index in [4.69, 9.17) is 11.6 Å². The standard InChI is InChI=1S/C16H11ClN2O2S/c17-14-12-3-1-2-4-13(12)22-15(14)16(21)19-18-9-10-5-7-11(20)8-6-10/h1-9,20H,(H,19,21)/b18-9+. The van der Waals surface area contributed by atoms with Crippen LogP contribution in [-0.2, 0) is 0 Å². The fourth-order valence-electron chi connectivity index (χ4n) is 1.94. The highest BCUT2D eigenvalue weighted by Crippen LogP contribution is 2.34. The van der Waals surface area contributed by atoms with Gasteiger partial charge in [-0.1, -0.05) is 29.8 Å². The van der Waals surface area contributed by atoms with Crippen LogP contribution in [0.25, 0.3) is 10.1 Å². The molecule has 110 valence electrons. The van der Waals surface area contributed by atoms with Gasteiger partial charge in [-0.05, 0) is 35.9 Å². The number of fused-ring (bicyclic) bond motifs is 1. The van der Waals surface area contributed by atoms with Crippen LogP contribution in [0.15, 0.2) is 53.6 Å². The van der Waals surface area contributed by atoms with E-state index in [1.807, 2.05) is 24.3 Å². The second-order valence-corrected chi connectivity index (χ2v) is 5.96. The Morgan fingerprint density at radius 2 is 1.91 bits per heavy atom. The van der Waals surface area contributed by atoms with Gasteiger partial charge in [-0.3, -0.25) is 4.79 Å². The lowest BCUT2D eigenvalue weighted by molar-refractivity contribution is 0.0959. The van der Waals surface area contributed by atoms with Crippen LogP contribution in [0.2, 0.25) is 5.02 Å². The maximum Gasteiger partial charge on any atom is 0.283 e. The number of amides is 1. The van der Waals surface area contributed by atoms with Crippen molar-refractivity contribution in [3.05, 3.63) is 64.0 Å². The monoisotopic (exact) mass is 330 g/mol. The predicted octanol–water partition coefficient (Wildman–Crippen LogP) is 4.02. The van der Waals surface area contributed by atoms with Crippen molar-refractivity contribution >= 4 is 45.1 Å². The largest absolute Gasteiger partial charge is 0.508 e. The quantitative estimate of drug-likeness (QED) is 0.562. The number of benzene rings is 2. The number of aromatic hydroxyl groups is 1. The summed E-state index contributed by atoms with van der Waals surface area (Å²) in [6, 6.07) is 14.1. The minimum absolute atomic E-state index is 0.179. The normalized spacial score (nSPS) is 11.1. The molecule has 2 N–H and O–H groups in total. The molecule has 1 amide bonds. The first-order valence-corrected chi connectivity index (χ1v) is 7.64. The zero-order chi connectivity index (χ0) is 15.5. The first-order chi connectivity index (χ1) is 10.6. The Balaban J connectivity index is 1.76. The van der Waals surface area contributed by atoms with E-state index >= 15 is 0 Å². The van der Waals surface area contributed by atoms with Crippen LogP contribution in [0.3, 0.4) is 0 Å². The highest BCUT2D eigenvalue weighted by Gasteiger charge is 2.16. The molecule has 3 aromatic rings. The number of nitrogens with one attached hydrogen (secondary N) is 1. The van der Waals surface area contributed by atoms with E-state index in [1.54, 1.807) is 24.3 Å². The van der Waals surface area contributed by atoms with Crippen molar-refractivity contribution in [3.63, 3.8) is 0 Å². The summed E-state index contributed by atoms with van der Waals surface area (Å²) in [6.07, 6.45) is 1.50. The Labute approximate surface area is 135 Å². The molecule has 0 radical (unpaired) electrons. The Morgan fingerprint density at radius 3 is 2.64 bits per heavy atom. The van der Waals surface area contributed by atoms with Crippen LogP contribution < -0.4 is 5.43 Å². The molecule has 0 aliphatic heterocycles. The average molecular weight is 331 g/mol. The van der Waals surface area contributed by atoms with Crippen molar-refractivity contribution in [1.29, 1.82) is 0 Å². The average Bonchev–Trinajstić information content (AvgIpc) is 2.87. The first-order valence-electron chi connectivity index (χ1n) is 6.44. The van der Waals surface area contributed by atoms with Gasteiger partial charge in [-0.25, -0.2) is 5.43 Å². The van der Waals surface area contributed by atoms with Crippen LogP contribution in [0.4, 0.5) is 0 Å². The Morgan fingerprint density at radius 1 is 1.18 bits per heavy atom. The number of phenols is 1. The van der Waals surface area contributed by atoms with Crippen molar-refractivity contribution in [1.82, 2.24) is 5.43 Å². The molecule has 22 heavy (non-hydrogen) atoms. The number of nitrogens with zero attached hydrogens (tertiary/aromatic N) is 1. The smallest absolute Gasteiger partial charge is 0.283 e. The molecule has 0 aliphatic rings.